The van der Waals surface area contributed by atoms with E-state index < -0.39 is 0 Å². The summed E-state index contributed by atoms with van der Waals surface area (Å²) in [5.41, 5.74) is 5.19. The molecule has 3 heteroatoms. The highest BCUT2D eigenvalue weighted by molar-refractivity contribution is 5.68. The molecule has 0 fully saturated rings. The van der Waals surface area contributed by atoms with Crippen LogP contribution in [0.2, 0.25) is 0 Å². The fraction of sp³-hybridized carbons (Fsp3) is 0.167. The Morgan fingerprint density at radius 3 is 2.67 bits per heavy atom. The second-order valence-corrected chi connectivity index (χ2v) is 5.41. The minimum Gasteiger partial charge on any atom is -0.338 e. The monoisotopic (exact) mass is 275 g/mol. The van der Waals surface area contributed by atoms with Gasteiger partial charge in [-0.05, 0) is 23.6 Å². The number of aromatic nitrogens is 2. The van der Waals surface area contributed by atoms with E-state index in [2.05, 4.69) is 64.7 Å². The highest BCUT2D eigenvalue weighted by Crippen LogP contribution is 2.33. The molecule has 0 saturated carbocycles. The molecule has 1 aliphatic rings. The number of fused-ring (bicyclic) bond motifs is 1. The first-order valence-corrected chi connectivity index (χ1v) is 7.32. The van der Waals surface area contributed by atoms with Crippen LogP contribution in [0.15, 0.2) is 67.0 Å². The van der Waals surface area contributed by atoms with Gasteiger partial charge in [-0.25, -0.2) is 0 Å². The van der Waals surface area contributed by atoms with Crippen molar-refractivity contribution in [3.05, 3.63) is 78.1 Å². The SMILES string of the molecule is c1ccc(Cn2cc(N3CCc4ccccc43)cn2)cc1. The van der Waals surface area contributed by atoms with Gasteiger partial charge in [0.15, 0.2) is 0 Å². The Kier molecular flexibility index (Phi) is 2.96. The summed E-state index contributed by atoms with van der Waals surface area (Å²) in [6, 6.07) is 19.1. The molecular weight excluding hydrogens is 258 g/mol. The molecule has 0 N–H and O–H groups in total. The summed E-state index contributed by atoms with van der Waals surface area (Å²) < 4.78 is 2.01. The second-order valence-electron chi connectivity index (χ2n) is 5.41. The van der Waals surface area contributed by atoms with Gasteiger partial charge < -0.3 is 4.90 Å². The molecule has 0 bridgehead atoms. The quantitative estimate of drug-likeness (QED) is 0.728. The van der Waals surface area contributed by atoms with Gasteiger partial charge >= 0.3 is 0 Å². The summed E-state index contributed by atoms with van der Waals surface area (Å²) in [5, 5.41) is 4.50. The first-order valence-electron chi connectivity index (χ1n) is 7.32. The highest BCUT2D eigenvalue weighted by atomic mass is 15.3. The lowest BCUT2D eigenvalue weighted by atomic mass is 10.2. The molecule has 0 spiro atoms. The van der Waals surface area contributed by atoms with Gasteiger partial charge in [-0.2, -0.15) is 5.10 Å². The van der Waals surface area contributed by atoms with Crippen molar-refractivity contribution in [2.45, 2.75) is 13.0 Å². The number of anilines is 2. The molecule has 21 heavy (non-hydrogen) atoms. The minimum atomic E-state index is 0.816. The van der Waals surface area contributed by atoms with Gasteiger partial charge in [0.05, 0.1) is 18.4 Å². The maximum atomic E-state index is 4.50. The Morgan fingerprint density at radius 1 is 0.952 bits per heavy atom. The number of hydrogen-bond donors (Lipinski definition) is 0. The van der Waals surface area contributed by atoms with Crippen molar-refractivity contribution in [2.75, 3.05) is 11.4 Å². The minimum absolute atomic E-state index is 0.816. The lowest BCUT2D eigenvalue weighted by Gasteiger charge is -2.16. The van der Waals surface area contributed by atoms with Gasteiger partial charge in [-0.3, -0.25) is 4.68 Å². The third kappa shape index (κ3) is 2.31. The molecule has 4 rings (SSSR count). The summed E-state index contributed by atoms with van der Waals surface area (Å²) in [6.07, 6.45) is 5.21. The third-order valence-corrected chi connectivity index (χ3v) is 4.01. The Bertz CT molecular complexity index is 746. The number of rotatable bonds is 3. The molecule has 2 aromatic carbocycles. The van der Waals surface area contributed by atoms with Crippen LogP contribution in [0.1, 0.15) is 11.1 Å². The molecule has 0 radical (unpaired) electrons. The molecule has 3 nitrogen and oxygen atoms in total. The number of para-hydroxylation sites is 1. The van der Waals surface area contributed by atoms with E-state index in [1.165, 1.54) is 22.5 Å². The molecule has 0 amide bonds. The summed E-state index contributed by atoms with van der Waals surface area (Å²) in [6.45, 7) is 1.85. The van der Waals surface area contributed by atoms with E-state index in [1.807, 2.05) is 16.9 Å². The lowest BCUT2D eigenvalue weighted by molar-refractivity contribution is 0.687. The van der Waals surface area contributed by atoms with Crippen LogP contribution in [0.25, 0.3) is 0 Å². The van der Waals surface area contributed by atoms with Crippen LogP contribution in [-0.2, 0) is 13.0 Å². The Hall–Kier alpha value is -2.55. The maximum Gasteiger partial charge on any atom is 0.0797 e. The van der Waals surface area contributed by atoms with Gasteiger partial charge in [-0.1, -0.05) is 48.5 Å². The van der Waals surface area contributed by atoms with Gasteiger partial charge in [0.25, 0.3) is 0 Å². The summed E-state index contributed by atoms with van der Waals surface area (Å²) in [5.74, 6) is 0. The molecular formula is C18H17N3. The molecule has 1 aromatic heterocycles. The fourth-order valence-electron chi connectivity index (χ4n) is 2.96. The van der Waals surface area contributed by atoms with Crippen molar-refractivity contribution in [1.82, 2.24) is 9.78 Å². The molecule has 104 valence electrons. The fourth-order valence-corrected chi connectivity index (χ4v) is 2.96. The zero-order valence-electron chi connectivity index (χ0n) is 11.8. The molecule has 0 aliphatic carbocycles. The average Bonchev–Trinajstić information content (AvgIpc) is 3.14. The molecule has 0 saturated heterocycles. The van der Waals surface area contributed by atoms with Gasteiger partial charge in [0.2, 0.25) is 0 Å². The third-order valence-electron chi connectivity index (χ3n) is 4.01. The Labute approximate surface area is 124 Å². The largest absolute Gasteiger partial charge is 0.338 e. The lowest BCUT2D eigenvalue weighted by Crippen LogP contribution is -2.12. The topological polar surface area (TPSA) is 21.1 Å². The molecule has 1 aliphatic heterocycles. The predicted octanol–water partition coefficient (Wildman–Crippen LogP) is 3.63. The van der Waals surface area contributed by atoms with Gasteiger partial charge in [0.1, 0.15) is 0 Å². The second kappa shape index (κ2) is 5.09. The van der Waals surface area contributed by atoms with Crippen molar-refractivity contribution < 1.29 is 0 Å². The number of hydrogen-bond acceptors (Lipinski definition) is 2. The summed E-state index contributed by atoms with van der Waals surface area (Å²) in [4.78, 5) is 2.35. The number of nitrogens with zero attached hydrogens (tertiary/aromatic N) is 3. The zero-order chi connectivity index (χ0) is 14.1. The summed E-state index contributed by atoms with van der Waals surface area (Å²) >= 11 is 0. The van der Waals surface area contributed by atoms with Gasteiger partial charge in [0, 0.05) is 18.4 Å². The van der Waals surface area contributed by atoms with Crippen LogP contribution < -0.4 is 4.90 Å². The van der Waals surface area contributed by atoms with E-state index in [9.17, 15) is 0 Å². The van der Waals surface area contributed by atoms with Crippen LogP contribution in [0.5, 0.6) is 0 Å². The maximum absolute atomic E-state index is 4.50. The van der Waals surface area contributed by atoms with Crippen LogP contribution in [0.3, 0.4) is 0 Å². The standard InChI is InChI=1S/C18H17N3/c1-2-6-15(7-3-1)13-20-14-17(12-19-20)21-11-10-16-8-4-5-9-18(16)21/h1-9,12,14H,10-11,13H2. The smallest absolute Gasteiger partial charge is 0.0797 e. The van der Waals surface area contributed by atoms with Crippen molar-refractivity contribution in [2.24, 2.45) is 0 Å². The van der Waals surface area contributed by atoms with Gasteiger partial charge in [-0.15, -0.1) is 0 Å². The van der Waals surface area contributed by atoms with Crippen molar-refractivity contribution >= 4 is 11.4 Å². The van der Waals surface area contributed by atoms with Crippen molar-refractivity contribution in [1.29, 1.82) is 0 Å². The van der Waals surface area contributed by atoms with Crippen LogP contribution in [0, 0.1) is 0 Å². The molecule has 3 aromatic rings. The predicted molar refractivity (Wildman–Crippen MR) is 84.9 cm³/mol. The van der Waals surface area contributed by atoms with Crippen LogP contribution in [-0.4, -0.2) is 16.3 Å². The first-order chi connectivity index (χ1) is 10.4. The van der Waals surface area contributed by atoms with E-state index in [1.54, 1.807) is 0 Å². The van der Waals surface area contributed by atoms with E-state index >= 15 is 0 Å². The van der Waals surface area contributed by atoms with Crippen molar-refractivity contribution in [3.8, 4) is 0 Å². The molecule has 2 heterocycles. The van der Waals surface area contributed by atoms with E-state index in [0.29, 0.717) is 0 Å². The van der Waals surface area contributed by atoms with Crippen LogP contribution in [0.4, 0.5) is 11.4 Å². The molecule has 0 unspecified atom stereocenters. The zero-order valence-corrected chi connectivity index (χ0v) is 11.8. The molecule has 0 atom stereocenters. The van der Waals surface area contributed by atoms with Crippen molar-refractivity contribution in [3.63, 3.8) is 0 Å². The Morgan fingerprint density at radius 2 is 1.76 bits per heavy atom. The Balaban J connectivity index is 1.58. The first kappa shape index (κ1) is 12.2. The van der Waals surface area contributed by atoms with E-state index in [-0.39, 0.29) is 0 Å². The summed E-state index contributed by atoms with van der Waals surface area (Å²) in [7, 11) is 0. The van der Waals surface area contributed by atoms with E-state index in [0.717, 1.165) is 19.5 Å². The average molecular weight is 275 g/mol. The number of benzene rings is 2. The normalized spacial score (nSPS) is 13.4. The van der Waals surface area contributed by atoms with E-state index in [4.69, 9.17) is 0 Å². The van der Waals surface area contributed by atoms with Crippen LogP contribution >= 0.6 is 0 Å². The highest BCUT2D eigenvalue weighted by Gasteiger charge is 2.20.